The first-order valence-electron chi connectivity index (χ1n) is 9.16. The third-order valence-corrected chi connectivity index (χ3v) is 5.73. The fourth-order valence-electron chi connectivity index (χ4n) is 4.19. The van der Waals surface area contributed by atoms with Crippen LogP contribution in [0.25, 0.3) is 0 Å². The highest BCUT2D eigenvalue weighted by Crippen LogP contribution is 2.51. The van der Waals surface area contributed by atoms with Crippen LogP contribution in [0.5, 0.6) is 11.5 Å². The van der Waals surface area contributed by atoms with Gasteiger partial charge in [-0.05, 0) is 48.8 Å². The van der Waals surface area contributed by atoms with Gasteiger partial charge in [0.15, 0.2) is 0 Å². The number of phenols is 1. The van der Waals surface area contributed by atoms with E-state index >= 15 is 0 Å². The number of aliphatic hydroxyl groups is 1. The van der Waals surface area contributed by atoms with Crippen molar-refractivity contribution < 1.29 is 14.9 Å². The summed E-state index contributed by atoms with van der Waals surface area (Å²) in [6.07, 6.45) is 6.95. The van der Waals surface area contributed by atoms with Gasteiger partial charge in [-0.15, -0.1) is 0 Å². The first-order valence-corrected chi connectivity index (χ1v) is 9.16. The van der Waals surface area contributed by atoms with Gasteiger partial charge in [-0.1, -0.05) is 40.0 Å². The lowest BCUT2D eigenvalue weighted by molar-refractivity contribution is 0.00919. The van der Waals surface area contributed by atoms with E-state index in [4.69, 9.17) is 4.74 Å². The summed E-state index contributed by atoms with van der Waals surface area (Å²) in [7, 11) is 0. The first-order chi connectivity index (χ1) is 10.9. The largest absolute Gasteiger partial charge is 0.508 e. The van der Waals surface area contributed by atoms with E-state index in [1.165, 1.54) is 19.3 Å². The Kier molecular flexibility index (Phi) is 4.59. The topological polar surface area (TPSA) is 49.7 Å². The molecule has 3 atom stereocenters. The number of ether oxygens (including phenoxy) is 1. The summed E-state index contributed by atoms with van der Waals surface area (Å²) in [5.41, 5.74) is 2.08. The van der Waals surface area contributed by atoms with E-state index in [0.717, 1.165) is 42.6 Å². The molecule has 2 N–H and O–H groups in total. The lowest BCUT2D eigenvalue weighted by Gasteiger charge is -2.29. The molecule has 1 aromatic rings. The Bertz CT molecular complexity index is 564. The molecule has 0 spiro atoms. The van der Waals surface area contributed by atoms with Crippen molar-refractivity contribution >= 4 is 0 Å². The predicted octanol–water partition coefficient (Wildman–Crippen LogP) is 4.64. The molecule has 1 aromatic carbocycles. The molecule has 0 bridgehead atoms. The molecule has 0 radical (unpaired) electrons. The molecule has 1 aliphatic heterocycles. The van der Waals surface area contributed by atoms with Crippen molar-refractivity contribution in [2.75, 3.05) is 0 Å². The number of hydrogen-bond donors (Lipinski definition) is 2. The molecule has 1 saturated carbocycles. The summed E-state index contributed by atoms with van der Waals surface area (Å²) in [6.45, 7) is 6.69. The molecule has 23 heavy (non-hydrogen) atoms. The normalized spacial score (nSPS) is 26.5. The second kappa shape index (κ2) is 6.35. The molecule has 2 aliphatic rings. The third kappa shape index (κ3) is 3.08. The van der Waals surface area contributed by atoms with E-state index in [9.17, 15) is 10.2 Å². The predicted molar refractivity (Wildman–Crippen MR) is 92.3 cm³/mol. The average Bonchev–Trinajstić information content (AvgIpc) is 2.88. The van der Waals surface area contributed by atoms with Gasteiger partial charge in [-0.2, -0.15) is 0 Å². The number of fused-ring (bicyclic) bond motifs is 3. The lowest BCUT2D eigenvalue weighted by Crippen LogP contribution is -2.36. The number of unbranched alkanes of at least 4 members (excludes halogenated alkanes) is 2. The second-order valence-electron chi connectivity index (χ2n) is 7.94. The van der Waals surface area contributed by atoms with Gasteiger partial charge >= 0.3 is 0 Å². The summed E-state index contributed by atoms with van der Waals surface area (Å²) >= 11 is 0. The van der Waals surface area contributed by atoms with E-state index in [1.54, 1.807) is 0 Å². The first kappa shape index (κ1) is 16.6. The number of hydrogen-bond acceptors (Lipinski definition) is 3. The average molecular weight is 318 g/mol. The molecule has 0 amide bonds. The maximum absolute atomic E-state index is 10.6. The van der Waals surface area contributed by atoms with Crippen LogP contribution < -0.4 is 4.74 Å². The van der Waals surface area contributed by atoms with E-state index < -0.39 is 6.10 Å². The third-order valence-electron chi connectivity index (χ3n) is 5.73. The van der Waals surface area contributed by atoms with Crippen molar-refractivity contribution in [1.82, 2.24) is 0 Å². The molecule has 0 saturated heterocycles. The van der Waals surface area contributed by atoms with Crippen molar-refractivity contribution in [2.45, 2.75) is 89.3 Å². The molecule has 128 valence electrons. The zero-order chi connectivity index (χ0) is 16.6. The molecular weight excluding hydrogens is 288 g/mol. The minimum absolute atomic E-state index is 0.0252. The number of rotatable bonds is 5. The Morgan fingerprint density at radius 3 is 2.74 bits per heavy atom. The summed E-state index contributed by atoms with van der Waals surface area (Å²) < 4.78 is 6.06. The summed E-state index contributed by atoms with van der Waals surface area (Å²) in [5.74, 6) is 1.29. The Hall–Kier alpha value is -1.22. The van der Waals surface area contributed by atoms with Crippen LogP contribution in [0.2, 0.25) is 0 Å². The van der Waals surface area contributed by atoms with E-state index in [1.807, 2.05) is 6.07 Å². The number of phenolic OH excluding ortho intramolecular Hbond substituents is 1. The number of aromatic hydroxyl groups is 1. The Morgan fingerprint density at radius 2 is 2.00 bits per heavy atom. The maximum Gasteiger partial charge on any atom is 0.132 e. The van der Waals surface area contributed by atoms with Gasteiger partial charge in [0.25, 0.3) is 0 Å². The van der Waals surface area contributed by atoms with Crippen LogP contribution >= 0.6 is 0 Å². The summed E-state index contributed by atoms with van der Waals surface area (Å²) in [5, 5.41) is 20.8. The van der Waals surface area contributed by atoms with Crippen LogP contribution in [0.15, 0.2) is 12.1 Å². The van der Waals surface area contributed by atoms with Crippen LogP contribution in [0, 0.1) is 0 Å². The molecule has 1 heterocycles. The van der Waals surface area contributed by atoms with Crippen LogP contribution in [0.4, 0.5) is 0 Å². The standard InChI is InChI=1S/C20H30O3/c1-4-5-6-10-20(2,3)13-11-16(22)18-14-8-7-9-15(21)19(14)23-17(18)12-13/h11-12,14-15,19,21-22H,4-10H2,1-3H3. The van der Waals surface area contributed by atoms with E-state index in [-0.39, 0.29) is 17.4 Å². The van der Waals surface area contributed by atoms with Gasteiger partial charge in [0.2, 0.25) is 0 Å². The van der Waals surface area contributed by atoms with Crippen molar-refractivity contribution in [3.05, 3.63) is 23.3 Å². The van der Waals surface area contributed by atoms with Gasteiger partial charge in [0, 0.05) is 11.5 Å². The molecule has 3 unspecified atom stereocenters. The quantitative estimate of drug-likeness (QED) is 0.778. The van der Waals surface area contributed by atoms with E-state index in [0.29, 0.717) is 5.75 Å². The smallest absolute Gasteiger partial charge is 0.132 e. The monoisotopic (exact) mass is 318 g/mol. The van der Waals surface area contributed by atoms with Gasteiger partial charge in [0.1, 0.15) is 17.6 Å². The number of benzene rings is 1. The zero-order valence-electron chi connectivity index (χ0n) is 14.6. The highest BCUT2D eigenvalue weighted by molar-refractivity contribution is 5.54. The fourth-order valence-corrected chi connectivity index (χ4v) is 4.19. The van der Waals surface area contributed by atoms with Gasteiger partial charge in [-0.3, -0.25) is 0 Å². The molecule has 0 aromatic heterocycles. The van der Waals surface area contributed by atoms with E-state index in [2.05, 4.69) is 26.8 Å². The lowest BCUT2D eigenvalue weighted by atomic mass is 9.77. The van der Waals surface area contributed by atoms with Crippen LogP contribution in [-0.2, 0) is 5.41 Å². The zero-order valence-corrected chi connectivity index (χ0v) is 14.6. The molecule has 3 heteroatoms. The second-order valence-corrected chi connectivity index (χ2v) is 7.94. The minimum Gasteiger partial charge on any atom is -0.508 e. The Morgan fingerprint density at radius 1 is 1.22 bits per heavy atom. The number of aliphatic hydroxyl groups excluding tert-OH is 1. The molecule has 3 nitrogen and oxygen atoms in total. The summed E-state index contributed by atoms with van der Waals surface area (Å²) in [4.78, 5) is 0. The Labute approximate surface area is 139 Å². The molecule has 1 aliphatic carbocycles. The van der Waals surface area contributed by atoms with Crippen LogP contribution in [0.3, 0.4) is 0 Å². The van der Waals surface area contributed by atoms with Crippen LogP contribution in [-0.4, -0.2) is 22.4 Å². The van der Waals surface area contributed by atoms with Gasteiger partial charge in [0.05, 0.1) is 6.10 Å². The summed E-state index contributed by atoms with van der Waals surface area (Å²) in [6, 6.07) is 4.03. The highest BCUT2D eigenvalue weighted by Gasteiger charge is 2.43. The molecule has 3 rings (SSSR count). The van der Waals surface area contributed by atoms with Crippen molar-refractivity contribution in [2.24, 2.45) is 0 Å². The fraction of sp³-hybridized carbons (Fsp3) is 0.700. The highest BCUT2D eigenvalue weighted by atomic mass is 16.5. The molecular formula is C20H30O3. The minimum atomic E-state index is -0.415. The van der Waals surface area contributed by atoms with Gasteiger partial charge in [-0.25, -0.2) is 0 Å². The van der Waals surface area contributed by atoms with Gasteiger partial charge < -0.3 is 14.9 Å². The molecule has 1 fully saturated rings. The van der Waals surface area contributed by atoms with Crippen LogP contribution in [0.1, 0.15) is 82.8 Å². The Balaban J connectivity index is 1.87. The maximum atomic E-state index is 10.6. The van der Waals surface area contributed by atoms with Crippen molar-refractivity contribution in [1.29, 1.82) is 0 Å². The van der Waals surface area contributed by atoms with Crippen molar-refractivity contribution in [3.63, 3.8) is 0 Å². The van der Waals surface area contributed by atoms with Crippen molar-refractivity contribution in [3.8, 4) is 11.5 Å². The SMILES string of the molecule is CCCCCC(C)(C)c1cc(O)c2c(c1)OC1C(O)CCCC21.